The number of carbonyl (C=O) groups excluding carboxylic acids is 1. The van der Waals surface area contributed by atoms with Gasteiger partial charge in [-0.25, -0.2) is 4.99 Å². The molecule has 1 amide bonds. The van der Waals surface area contributed by atoms with Crippen LogP contribution in [0.3, 0.4) is 0 Å². The molecule has 214 valence electrons. The fourth-order valence-corrected chi connectivity index (χ4v) is 6.49. The Kier molecular flexibility index (Phi) is 9.25. The van der Waals surface area contributed by atoms with Crippen molar-refractivity contribution in [2.75, 3.05) is 12.0 Å². The third-order valence-electron chi connectivity index (χ3n) is 7.30. The van der Waals surface area contributed by atoms with Gasteiger partial charge in [-0.3, -0.25) is 9.69 Å². The number of methoxy groups -OCH3 is 1. The van der Waals surface area contributed by atoms with Crippen LogP contribution in [0.1, 0.15) is 33.4 Å². The van der Waals surface area contributed by atoms with Crippen molar-refractivity contribution in [3.05, 3.63) is 120 Å². The van der Waals surface area contributed by atoms with Crippen molar-refractivity contribution in [1.82, 2.24) is 0 Å². The molecule has 0 aromatic heterocycles. The molecule has 1 heterocycles. The first kappa shape index (κ1) is 30.1. The van der Waals surface area contributed by atoms with E-state index in [1.807, 2.05) is 86.7 Å². The second kappa shape index (κ2) is 12.9. The van der Waals surface area contributed by atoms with Crippen molar-refractivity contribution in [3.63, 3.8) is 0 Å². The molecule has 1 aliphatic heterocycles. The average Bonchev–Trinajstić information content (AvgIpc) is 3.28. The van der Waals surface area contributed by atoms with Crippen molar-refractivity contribution in [1.29, 1.82) is 0 Å². The van der Waals surface area contributed by atoms with Crippen molar-refractivity contribution < 1.29 is 14.3 Å². The third-order valence-corrected chi connectivity index (χ3v) is 10.4. The highest BCUT2D eigenvalue weighted by Gasteiger charge is 2.36. The highest BCUT2D eigenvalue weighted by atomic mass is 79.9. The van der Waals surface area contributed by atoms with Crippen LogP contribution in [0, 0.1) is 27.7 Å². The zero-order chi connectivity index (χ0) is 30.0. The predicted octanol–water partition coefficient (Wildman–Crippen LogP) is 9.84. The molecule has 0 spiro atoms. The van der Waals surface area contributed by atoms with Crippen LogP contribution >= 0.6 is 43.6 Å². The van der Waals surface area contributed by atoms with Gasteiger partial charge in [0.25, 0.3) is 5.91 Å². The summed E-state index contributed by atoms with van der Waals surface area (Å²) in [6.07, 6.45) is 1.87. The molecule has 1 saturated heterocycles. The summed E-state index contributed by atoms with van der Waals surface area (Å²) in [6.45, 7) is 8.59. The Morgan fingerprint density at radius 3 is 2.29 bits per heavy atom. The Balaban J connectivity index is 1.57. The summed E-state index contributed by atoms with van der Waals surface area (Å²) in [5.41, 5.74) is 7.85. The van der Waals surface area contributed by atoms with E-state index in [0.717, 1.165) is 49.2 Å². The first-order chi connectivity index (χ1) is 20.2. The molecule has 0 radical (unpaired) electrons. The minimum atomic E-state index is -0.135. The van der Waals surface area contributed by atoms with E-state index in [2.05, 4.69) is 51.8 Å². The van der Waals surface area contributed by atoms with Gasteiger partial charge in [0.15, 0.2) is 16.7 Å². The number of halogens is 2. The lowest BCUT2D eigenvalue weighted by atomic mass is 10.1. The van der Waals surface area contributed by atoms with Gasteiger partial charge in [-0.1, -0.05) is 54.6 Å². The minimum Gasteiger partial charge on any atom is -0.493 e. The van der Waals surface area contributed by atoms with Gasteiger partial charge >= 0.3 is 0 Å². The first-order valence-corrected chi connectivity index (χ1v) is 15.8. The molecule has 4 aromatic rings. The number of aryl methyl sites for hydroxylation is 2. The lowest BCUT2D eigenvalue weighted by Gasteiger charge is -2.19. The first-order valence-electron chi connectivity index (χ1n) is 13.4. The largest absolute Gasteiger partial charge is 0.493 e. The molecule has 0 unspecified atom stereocenters. The Labute approximate surface area is 267 Å². The Morgan fingerprint density at radius 2 is 1.57 bits per heavy atom. The van der Waals surface area contributed by atoms with E-state index >= 15 is 0 Å². The normalized spacial score (nSPS) is 15.1. The van der Waals surface area contributed by atoms with Gasteiger partial charge < -0.3 is 9.47 Å². The van der Waals surface area contributed by atoms with Gasteiger partial charge in [0.2, 0.25) is 0 Å². The molecule has 0 saturated carbocycles. The van der Waals surface area contributed by atoms with Gasteiger partial charge in [-0.15, -0.1) is 0 Å². The molecule has 8 heteroatoms. The lowest BCUT2D eigenvalue weighted by molar-refractivity contribution is -0.113. The number of anilines is 1. The van der Waals surface area contributed by atoms with Crippen molar-refractivity contribution in [3.8, 4) is 11.5 Å². The van der Waals surface area contributed by atoms with Crippen LogP contribution < -0.4 is 14.4 Å². The van der Waals surface area contributed by atoms with E-state index in [1.54, 1.807) is 12.0 Å². The number of benzene rings is 4. The standard InChI is InChI=1S/C34H30Br2N2O3S/c1-20-11-9-15-26(22(20)3)37-34-38(27-16-10-12-21(2)23(27)4)33(39)29(42-34)18-25-17-28(40-5)32(31(36)30(25)35)41-19-24-13-7-6-8-14-24/h6-18H,19H2,1-5H3/b29-18-,37-34?. The maximum Gasteiger partial charge on any atom is 0.271 e. The van der Waals surface area contributed by atoms with Crippen LogP contribution in [0.4, 0.5) is 11.4 Å². The maximum absolute atomic E-state index is 14.1. The van der Waals surface area contributed by atoms with Crippen LogP contribution in [-0.4, -0.2) is 18.2 Å². The molecule has 0 aliphatic carbocycles. The number of thioether (sulfide) groups is 1. The summed E-state index contributed by atoms with van der Waals surface area (Å²) in [5, 5.41) is 0.610. The molecule has 1 fully saturated rings. The van der Waals surface area contributed by atoms with Crippen LogP contribution in [-0.2, 0) is 11.4 Å². The summed E-state index contributed by atoms with van der Waals surface area (Å²) in [5.74, 6) is 0.998. The van der Waals surface area contributed by atoms with Gasteiger partial charge in [-0.05, 0) is 129 Å². The van der Waals surface area contributed by atoms with Crippen LogP contribution in [0.5, 0.6) is 11.5 Å². The number of amides is 1. The quantitative estimate of drug-likeness (QED) is 0.180. The second-order valence-corrected chi connectivity index (χ2v) is 12.6. The smallest absolute Gasteiger partial charge is 0.271 e. The number of rotatable bonds is 7. The molecule has 0 bridgehead atoms. The number of nitrogens with zero attached hydrogens (tertiary/aromatic N) is 2. The van der Waals surface area contributed by atoms with Crippen molar-refractivity contribution >= 4 is 72.1 Å². The molecular weight excluding hydrogens is 676 g/mol. The fraction of sp³-hybridized carbons (Fsp3) is 0.176. The summed E-state index contributed by atoms with van der Waals surface area (Å²) in [4.78, 5) is 21.4. The minimum absolute atomic E-state index is 0.135. The number of carbonyl (C=O) groups is 1. The number of aliphatic imine (C=N–C) groups is 1. The highest BCUT2D eigenvalue weighted by Crippen LogP contribution is 2.46. The van der Waals surface area contributed by atoms with Gasteiger partial charge in [-0.2, -0.15) is 0 Å². The Bertz CT molecular complexity index is 1730. The summed E-state index contributed by atoms with van der Waals surface area (Å²) >= 11 is 8.77. The van der Waals surface area contributed by atoms with E-state index < -0.39 is 0 Å². The maximum atomic E-state index is 14.1. The number of hydrogen-bond donors (Lipinski definition) is 0. The Hall–Kier alpha value is -3.33. The molecule has 0 N–H and O–H groups in total. The average molecular weight is 707 g/mol. The second-order valence-electron chi connectivity index (χ2n) is 9.98. The van der Waals surface area contributed by atoms with E-state index in [9.17, 15) is 4.79 Å². The van der Waals surface area contributed by atoms with Gasteiger partial charge in [0, 0.05) is 4.47 Å². The van der Waals surface area contributed by atoms with Gasteiger partial charge in [0.1, 0.15) is 6.61 Å². The molecule has 4 aromatic carbocycles. The van der Waals surface area contributed by atoms with Crippen LogP contribution in [0.25, 0.3) is 6.08 Å². The summed E-state index contributed by atoms with van der Waals surface area (Å²) < 4.78 is 13.3. The lowest BCUT2D eigenvalue weighted by Crippen LogP contribution is -2.29. The van der Waals surface area contributed by atoms with Crippen molar-refractivity contribution in [2.24, 2.45) is 4.99 Å². The molecule has 0 atom stereocenters. The molecule has 5 rings (SSSR count). The molecule has 1 aliphatic rings. The van der Waals surface area contributed by atoms with E-state index in [1.165, 1.54) is 11.8 Å². The molecule has 42 heavy (non-hydrogen) atoms. The Morgan fingerprint density at radius 1 is 0.881 bits per heavy atom. The predicted molar refractivity (Wildman–Crippen MR) is 181 cm³/mol. The molecular formula is C34H30Br2N2O3S. The van der Waals surface area contributed by atoms with Crippen LogP contribution in [0.15, 0.2) is 91.6 Å². The zero-order valence-corrected chi connectivity index (χ0v) is 28.0. The van der Waals surface area contributed by atoms with E-state index in [-0.39, 0.29) is 5.91 Å². The van der Waals surface area contributed by atoms with E-state index in [0.29, 0.717) is 32.7 Å². The highest BCUT2D eigenvalue weighted by molar-refractivity contribution is 9.13. The zero-order valence-electron chi connectivity index (χ0n) is 24.0. The topological polar surface area (TPSA) is 51.1 Å². The number of hydrogen-bond acceptors (Lipinski definition) is 5. The monoisotopic (exact) mass is 704 g/mol. The van der Waals surface area contributed by atoms with E-state index in [4.69, 9.17) is 14.5 Å². The molecule has 5 nitrogen and oxygen atoms in total. The fourth-order valence-electron chi connectivity index (χ4n) is 4.57. The third kappa shape index (κ3) is 6.07. The SMILES string of the molecule is COc1cc(/C=C2\SC(=Nc3cccc(C)c3C)N(c3cccc(C)c3C)C2=O)c(Br)c(Br)c1OCc1ccccc1. The summed E-state index contributed by atoms with van der Waals surface area (Å²) in [7, 11) is 1.61. The van der Waals surface area contributed by atoms with Crippen LogP contribution in [0.2, 0.25) is 0 Å². The van der Waals surface area contributed by atoms with Gasteiger partial charge in [0.05, 0.1) is 27.9 Å². The summed E-state index contributed by atoms with van der Waals surface area (Å²) in [6, 6.07) is 23.9. The number of amidine groups is 1. The van der Waals surface area contributed by atoms with Crippen molar-refractivity contribution in [2.45, 2.75) is 34.3 Å². The number of ether oxygens (including phenoxy) is 2.